The van der Waals surface area contributed by atoms with Gasteiger partial charge in [0, 0.05) is 17.5 Å². The van der Waals surface area contributed by atoms with Gasteiger partial charge in [0.05, 0.1) is 12.5 Å². The molecule has 0 radical (unpaired) electrons. The standard InChI is InChI=1S/C27H29FN2O2S/c1-3-19(2)30(25(31)17-20-9-11-22(28)12-10-20)18-26(32)29-15-13-24-23(14-16-33-24)27(29)21-7-5-4-6-8-21/h4-12,14,16,19,27H,3,13,15,17-18H2,1-2H3. The molecule has 2 heterocycles. The van der Waals surface area contributed by atoms with Crippen molar-refractivity contribution in [3.63, 3.8) is 0 Å². The number of carbonyl (C=O) groups is 2. The van der Waals surface area contributed by atoms with Crippen molar-refractivity contribution in [3.05, 3.63) is 93.4 Å². The third kappa shape index (κ3) is 5.17. The molecule has 6 heteroatoms. The van der Waals surface area contributed by atoms with Crippen molar-refractivity contribution in [1.82, 2.24) is 9.80 Å². The van der Waals surface area contributed by atoms with Crippen molar-refractivity contribution in [2.45, 2.75) is 45.2 Å². The van der Waals surface area contributed by atoms with Crippen LogP contribution in [0.3, 0.4) is 0 Å². The van der Waals surface area contributed by atoms with Gasteiger partial charge in [0.15, 0.2) is 0 Å². The monoisotopic (exact) mass is 464 g/mol. The number of halogens is 1. The van der Waals surface area contributed by atoms with Crippen LogP contribution in [0.15, 0.2) is 66.0 Å². The fourth-order valence-electron chi connectivity index (χ4n) is 4.41. The van der Waals surface area contributed by atoms with Gasteiger partial charge in [-0.1, -0.05) is 49.4 Å². The molecule has 2 amide bonds. The fourth-order valence-corrected chi connectivity index (χ4v) is 5.31. The summed E-state index contributed by atoms with van der Waals surface area (Å²) < 4.78 is 13.3. The molecule has 0 saturated carbocycles. The number of thiophene rings is 1. The van der Waals surface area contributed by atoms with Crippen molar-refractivity contribution in [2.75, 3.05) is 13.1 Å². The quantitative estimate of drug-likeness (QED) is 0.480. The van der Waals surface area contributed by atoms with E-state index in [4.69, 9.17) is 0 Å². The first-order valence-corrected chi connectivity index (χ1v) is 12.3. The van der Waals surface area contributed by atoms with Gasteiger partial charge >= 0.3 is 0 Å². The highest BCUT2D eigenvalue weighted by Gasteiger charge is 2.34. The van der Waals surface area contributed by atoms with E-state index in [0.717, 1.165) is 24.0 Å². The average Bonchev–Trinajstić information content (AvgIpc) is 3.32. The van der Waals surface area contributed by atoms with Gasteiger partial charge in [-0.05, 0) is 60.0 Å². The van der Waals surface area contributed by atoms with E-state index >= 15 is 0 Å². The summed E-state index contributed by atoms with van der Waals surface area (Å²) in [6.45, 7) is 4.65. The minimum atomic E-state index is -0.329. The molecule has 1 aliphatic rings. The lowest BCUT2D eigenvalue weighted by Gasteiger charge is -2.38. The normalized spacial score (nSPS) is 16.2. The summed E-state index contributed by atoms with van der Waals surface area (Å²) in [5.74, 6) is -0.493. The molecule has 0 saturated heterocycles. The molecule has 1 aromatic heterocycles. The molecule has 0 spiro atoms. The summed E-state index contributed by atoms with van der Waals surface area (Å²) in [6, 6.07) is 18.0. The van der Waals surface area contributed by atoms with E-state index in [9.17, 15) is 14.0 Å². The number of carbonyl (C=O) groups excluding carboxylic acids is 2. The van der Waals surface area contributed by atoms with E-state index in [1.165, 1.54) is 22.6 Å². The van der Waals surface area contributed by atoms with Crippen molar-refractivity contribution in [2.24, 2.45) is 0 Å². The Kier molecular flexibility index (Phi) is 7.23. The van der Waals surface area contributed by atoms with Gasteiger partial charge in [-0.15, -0.1) is 11.3 Å². The molecule has 1 aliphatic heterocycles. The second kappa shape index (κ2) is 10.3. The minimum Gasteiger partial charge on any atom is -0.330 e. The smallest absolute Gasteiger partial charge is 0.243 e. The Hall–Kier alpha value is -2.99. The minimum absolute atomic E-state index is 0.0395. The maximum absolute atomic E-state index is 13.6. The number of fused-ring (bicyclic) bond motifs is 1. The predicted molar refractivity (Wildman–Crippen MR) is 130 cm³/mol. The van der Waals surface area contributed by atoms with E-state index in [2.05, 4.69) is 23.6 Å². The first-order chi connectivity index (χ1) is 16.0. The highest BCUT2D eigenvalue weighted by molar-refractivity contribution is 7.10. The van der Waals surface area contributed by atoms with Crippen molar-refractivity contribution < 1.29 is 14.0 Å². The molecule has 0 fully saturated rings. The average molecular weight is 465 g/mol. The van der Waals surface area contributed by atoms with E-state index in [1.54, 1.807) is 28.4 Å². The number of hydrogen-bond acceptors (Lipinski definition) is 3. The van der Waals surface area contributed by atoms with Crippen LogP contribution in [0.25, 0.3) is 0 Å². The number of hydrogen-bond donors (Lipinski definition) is 0. The SMILES string of the molecule is CCC(C)N(CC(=O)N1CCc2sccc2C1c1ccccc1)C(=O)Cc1ccc(F)cc1. The van der Waals surface area contributed by atoms with Gasteiger partial charge < -0.3 is 9.80 Å². The van der Waals surface area contributed by atoms with Crippen LogP contribution in [-0.4, -0.2) is 40.7 Å². The Bertz CT molecular complexity index is 1100. The van der Waals surface area contributed by atoms with Gasteiger partial charge in [-0.25, -0.2) is 4.39 Å². The van der Waals surface area contributed by atoms with Crippen LogP contribution in [0.4, 0.5) is 4.39 Å². The van der Waals surface area contributed by atoms with Crippen LogP contribution >= 0.6 is 11.3 Å². The summed E-state index contributed by atoms with van der Waals surface area (Å²) >= 11 is 1.74. The van der Waals surface area contributed by atoms with Crippen molar-refractivity contribution in [3.8, 4) is 0 Å². The first kappa shape index (κ1) is 23.2. The van der Waals surface area contributed by atoms with Crippen LogP contribution in [0, 0.1) is 5.82 Å². The number of rotatable bonds is 7. The second-order valence-corrected chi connectivity index (χ2v) is 9.53. The molecule has 2 aromatic carbocycles. The van der Waals surface area contributed by atoms with E-state index in [0.29, 0.717) is 6.54 Å². The third-order valence-corrected chi connectivity index (χ3v) is 7.42. The van der Waals surface area contributed by atoms with Crippen LogP contribution < -0.4 is 0 Å². The third-order valence-electron chi connectivity index (χ3n) is 6.42. The van der Waals surface area contributed by atoms with E-state index in [1.807, 2.05) is 36.9 Å². The Labute approximate surface area is 198 Å². The van der Waals surface area contributed by atoms with Gasteiger partial charge in [0.2, 0.25) is 11.8 Å². The van der Waals surface area contributed by atoms with Gasteiger partial charge in [-0.3, -0.25) is 9.59 Å². The molecule has 2 atom stereocenters. The zero-order valence-corrected chi connectivity index (χ0v) is 19.9. The molecule has 0 aliphatic carbocycles. The lowest BCUT2D eigenvalue weighted by atomic mass is 9.93. The molecule has 0 N–H and O–H groups in total. The van der Waals surface area contributed by atoms with Crippen LogP contribution in [0.1, 0.15) is 47.9 Å². The summed E-state index contributed by atoms with van der Waals surface area (Å²) in [4.78, 5) is 31.7. The molecule has 2 unspecified atom stereocenters. The molecule has 0 bridgehead atoms. The molecule has 172 valence electrons. The van der Waals surface area contributed by atoms with E-state index in [-0.39, 0.29) is 42.7 Å². The Balaban J connectivity index is 1.56. The Morgan fingerprint density at radius 3 is 2.55 bits per heavy atom. The largest absolute Gasteiger partial charge is 0.330 e. The van der Waals surface area contributed by atoms with Crippen molar-refractivity contribution >= 4 is 23.2 Å². The van der Waals surface area contributed by atoms with Gasteiger partial charge in [0.25, 0.3) is 0 Å². The van der Waals surface area contributed by atoms with E-state index < -0.39 is 0 Å². The fraction of sp³-hybridized carbons (Fsp3) is 0.333. The summed E-state index contributed by atoms with van der Waals surface area (Å²) in [5.41, 5.74) is 3.00. The lowest BCUT2D eigenvalue weighted by molar-refractivity contribution is -0.143. The van der Waals surface area contributed by atoms with Crippen molar-refractivity contribution in [1.29, 1.82) is 0 Å². The zero-order chi connectivity index (χ0) is 23.4. The maximum Gasteiger partial charge on any atom is 0.243 e. The Morgan fingerprint density at radius 1 is 1.12 bits per heavy atom. The second-order valence-electron chi connectivity index (χ2n) is 8.53. The highest BCUT2D eigenvalue weighted by Crippen LogP contribution is 2.37. The van der Waals surface area contributed by atoms with Gasteiger partial charge in [-0.2, -0.15) is 0 Å². The van der Waals surface area contributed by atoms with Crippen LogP contribution in [0.5, 0.6) is 0 Å². The lowest BCUT2D eigenvalue weighted by Crippen LogP contribution is -2.49. The number of nitrogens with zero attached hydrogens (tertiary/aromatic N) is 2. The van der Waals surface area contributed by atoms with Crippen LogP contribution in [0.2, 0.25) is 0 Å². The number of amides is 2. The van der Waals surface area contributed by atoms with Gasteiger partial charge in [0.1, 0.15) is 12.4 Å². The maximum atomic E-state index is 13.6. The molecular formula is C27H29FN2O2S. The first-order valence-electron chi connectivity index (χ1n) is 11.4. The summed E-state index contributed by atoms with van der Waals surface area (Å²) in [7, 11) is 0. The predicted octanol–water partition coefficient (Wildman–Crippen LogP) is 5.23. The molecular weight excluding hydrogens is 435 g/mol. The molecule has 4 nitrogen and oxygen atoms in total. The molecule has 33 heavy (non-hydrogen) atoms. The summed E-state index contributed by atoms with van der Waals surface area (Å²) in [5, 5.41) is 2.09. The molecule has 4 rings (SSSR count). The topological polar surface area (TPSA) is 40.6 Å². The number of benzene rings is 2. The summed E-state index contributed by atoms with van der Waals surface area (Å²) in [6.07, 6.45) is 1.73. The zero-order valence-electron chi connectivity index (χ0n) is 19.0. The van der Waals surface area contributed by atoms with Crippen LogP contribution in [-0.2, 0) is 22.4 Å². The highest BCUT2D eigenvalue weighted by atomic mass is 32.1. The Morgan fingerprint density at radius 2 is 1.85 bits per heavy atom. The molecule has 3 aromatic rings.